The van der Waals surface area contributed by atoms with Crippen LogP contribution >= 0.6 is 0 Å². The zero-order chi connectivity index (χ0) is 16.5. The van der Waals surface area contributed by atoms with E-state index in [1.165, 1.54) is 19.8 Å². The second-order valence-corrected chi connectivity index (χ2v) is 4.83. The number of esters is 2. The molecule has 0 aromatic heterocycles. The lowest BCUT2D eigenvalue weighted by Gasteiger charge is -2.14. The minimum atomic E-state index is -0.630. The van der Waals surface area contributed by atoms with E-state index in [0.29, 0.717) is 11.6 Å². The summed E-state index contributed by atoms with van der Waals surface area (Å²) in [4.78, 5) is 23.0. The minimum absolute atomic E-state index is 0.0321. The number of carbonyl (C=O) groups excluding carboxylic acids is 2. The van der Waals surface area contributed by atoms with E-state index < -0.39 is 11.9 Å². The highest BCUT2D eigenvalue weighted by Gasteiger charge is 2.13. The van der Waals surface area contributed by atoms with Crippen molar-refractivity contribution in [2.45, 2.75) is 32.6 Å². The van der Waals surface area contributed by atoms with Crippen LogP contribution in [0.4, 0.5) is 5.69 Å². The van der Waals surface area contributed by atoms with Crippen LogP contribution < -0.4 is 5.32 Å². The van der Waals surface area contributed by atoms with Crippen LogP contribution in [-0.2, 0) is 19.1 Å². The quantitative estimate of drug-likeness (QED) is 0.619. The summed E-state index contributed by atoms with van der Waals surface area (Å²) in [6, 6.07) is 7.80. The van der Waals surface area contributed by atoms with Crippen LogP contribution in [-0.4, -0.2) is 26.2 Å². The molecule has 0 aliphatic carbocycles. The maximum Gasteiger partial charge on any atom is 0.354 e. The molecule has 1 N–H and O–H groups in total. The highest BCUT2D eigenvalue weighted by atomic mass is 16.5. The average Bonchev–Trinajstić information content (AvgIpc) is 2.55. The molecule has 5 heteroatoms. The van der Waals surface area contributed by atoms with Gasteiger partial charge in [-0.1, -0.05) is 26.0 Å². The van der Waals surface area contributed by atoms with Crippen LogP contribution in [0.2, 0.25) is 0 Å². The molecule has 120 valence electrons. The van der Waals surface area contributed by atoms with Crippen molar-refractivity contribution >= 4 is 17.6 Å². The maximum absolute atomic E-state index is 11.7. The van der Waals surface area contributed by atoms with Crippen molar-refractivity contribution in [2.24, 2.45) is 0 Å². The number of hydrogen-bond donors (Lipinski definition) is 1. The molecule has 22 heavy (non-hydrogen) atoms. The molecule has 0 saturated carbocycles. The molecule has 0 atom stereocenters. The van der Waals surface area contributed by atoms with E-state index in [0.717, 1.165) is 18.9 Å². The van der Waals surface area contributed by atoms with Crippen molar-refractivity contribution in [1.29, 1.82) is 0 Å². The van der Waals surface area contributed by atoms with Gasteiger partial charge >= 0.3 is 11.9 Å². The number of methoxy groups -OCH3 is 2. The van der Waals surface area contributed by atoms with Crippen molar-refractivity contribution < 1.29 is 19.1 Å². The molecule has 1 aromatic rings. The Balaban J connectivity index is 2.92. The van der Waals surface area contributed by atoms with Crippen LogP contribution in [0.1, 0.15) is 38.2 Å². The van der Waals surface area contributed by atoms with E-state index in [1.807, 2.05) is 24.3 Å². The third-order valence-corrected chi connectivity index (χ3v) is 3.52. The summed E-state index contributed by atoms with van der Waals surface area (Å²) in [5.41, 5.74) is 1.99. The van der Waals surface area contributed by atoms with Crippen LogP contribution in [0.3, 0.4) is 0 Å². The first-order valence-corrected chi connectivity index (χ1v) is 7.30. The molecular weight excluding hydrogens is 282 g/mol. The Kier molecular flexibility index (Phi) is 7.16. The standard InChI is InChI=1S/C17H23NO4/c1-5-12(6-2)13-7-9-14(10-8-13)18-15(17(20)22-4)11-16(19)21-3/h7-12,18H,5-6H2,1-4H3/b15-11+. The normalized spacial score (nSPS) is 11.2. The fourth-order valence-corrected chi connectivity index (χ4v) is 2.19. The van der Waals surface area contributed by atoms with Crippen molar-refractivity contribution in [3.05, 3.63) is 41.6 Å². The van der Waals surface area contributed by atoms with Gasteiger partial charge in [-0.15, -0.1) is 0 Å². The smallest absolute Gasteiger partial charge is 0.354 e. The van der Waals surface area contributed by atoms with E-state index in [2.05, 4.69) is 28.6 Å². The zero-order valence-electron chi connectivity index (χ0n) is 13.5. The number of hydrogen-bond acceptors (Lipinski definition) is 5. The first-order valence-electron chi connectivity index (χ1n) is 7.30. The second kappa shape index (κ2) is 8.87. The zero-order valence-corrected chi connectivity index (χ0v) is 13.5. The van der Waals surface area contributed by atoms with Gasteiger partial charge in [0.25, 0.3) is 0 Å². The summed E-state index contributed by atoms with van der Waals surface area (Å²) in [5, 5.41) is 2.88. The van der Waals surface area contributed by atoms with E-state index in [1.54, 1.807) is 0 Å². The summed E-state index contributed by atoms with van der Waals surface area (Å²) in [6.07, 6.45) is 3.23. The fraction of sp³-hybridized carbons (Fsp3) is 0.412. The molecule has 0 unspecified atom stereocenters. The molecule has 1 rings (SSSR count). The van der Waals surface area contributed by atoms with Gasteiger partial charge in [0.1, 0.15) is 5.70 Å². The predicted molar refractivity (Wildman–Crippen MR) is 85.5 cm³/mol. The Labute approximate surface area is 131 Å². The predicted octanol–water partition coefficient (Wildman–Crippen LogP) is 3.23. The number of carbonyl (C=O) groups is 2. The molecule has 5 nitrogen and oxygen atoms in total. The largest absolute Gasteiger partial charge is 0.466 e. The fourth-order valence-electron chi connectivity index (χ4n) is 2.19. The molecule has 1 aromatic carbocycles. The van der Waals surface area contributed by atoms with Crippen molar-refractivity contribution in [3.63, 3.8) is 0 Å². The average molecular weight is 305 g/mol. The summed E-state index contributed by atoms with van der Waals surface area (Å²) in [7, 11) is 2.50. The van der Waals surface area contributed by atoms with E-state index >= 15 is 0 Å². The molecule has 0 bridgehead atoms. The number of anilines is 1. The molecule has 0 fully saturated rings. The Morgan fingerprint density at radius 1 is 1.09 bits per heavy atom. The molecular formula is C17H23NO4. The van der Waals surface area contributed by atoms with Crippen molar-refractivity contribution in [2.75, 3.05) is 19.5 Å². The molecule has 0 aliphatic rings. The third-order valence-electron chi connectivity index (χ3n) is 3.52. The summed E-state index contributed by atoms with van der Waals surface area (Å²) in [5.74, 6) is -0.726. The van der Waals surface area contributed by atoms with Gasteiger partial charge in [-0.3, -0.25) is 0 Å². The maximum atomic E-state index is 11.7. The van der Waals surface area contributed by atoms with Gasteiger partial charge in [0.15, 0.2) is 0 Å². The summed E-state index contributed by atoms with van der Waals surface area (Å²) < 4.78 is 9.18. The summed E-state index contributed by atoms with van der Waals surface area (Å²) in [6.45, 7) is 4.32. The van der Waals surface area contributed by atoms with Gasteiger partial charge in [0.05, 0.1) is 20.3 Å². The first-order chi connectivity index (χ1) is 10.5. The van der Waals surface area contributed by atoms with E-state index in [-0.39, 0.29) is 5.70 Å². The van der Waals surface area contributed by atoms with Gasteiger partial charge in [-0.25, -0.2) is 9.59 Å². The number of nitrogens with one attached hydrogen (secondary N) is 1. The lowest BCUT2D eigenvalue weighted by Crippen LogP contribution is -2.15. The van der Waals surface area contributed by atoms with Crippen molar-refractivity contribution in [1.82, 2.24) is 0 Å². The second-order valence-electron chi connectivity index (χ2n) is 4.83. The van der Waals surface area contributed by atoms with Crippen molar-refractivity contribution in [3.8, 4) is 0 Å². The van der Waals surface area contributed by atoms with Gasteiger partial charge in [-0.2, -0.15) is 0 Å². The highest BCUT2D eigenvalue weighted by Crippen LogP contribution is 2.24. The van der Waals surface area contributed by atoms with Crippen LogP contribution in [0.25, 0.3) is 0 Å². The monoisotopic (exact) mass is 305 g/mol. The molecule has 0 saturated heterocycles. The Bertz CT molecular complexity index is 530. The van der Waals surface area contributed by atoms with E-state index in [4.69, 9.17) is 0 Å². The Hall–Kier alpha value is -2.30. The molecule has 0 heterocycles. The first kappa shape index (κ1) is 17.8. The molecule has 0 amide bonds. The van der Waals surface area contributed by atoms with Crippen LogP contribution in [0.5, 0.6) is 0 Å². The van der Waals surface area contributed by atoms with Gasteiger partial charge in [0, 0.05) is 5.69 Å². The topological polar surface area (TPSA) is 64.6 Å². The third kappa shape index (κ3) is 4.91. The SMILES string of the molecule is CCC(CC)c1ccc(N/C(=C/C(=O)OC)C(=O)OC)cc1. The molecule has 0 radical (unpaired) electrons. The lowest BCUT2D eigenvalue weighted by molar-refractivity contribution is -0.138. The molecule has 0 spiro atoms. The van der Waals surface area contributed by atoms with Gasteiger partial charge in [0.2, 0.25) is 0 Å². The van der Waals surface area contributed by atoms with Crippen LogP contribution in [0.15, 0.2) is 36.0 Å². The number of ether oxygens (including phenoxy) is 2. The highest BCUT2D eigenvalue weighted by molar-refractivity contribution is 5.98. The van der Waals surface area contributed by atoms with Crippen LogP contribution in [0, 0.1) is 0 Å². The van der Waals surface area contributed by atoms with Gasteiger partial charge < -0.3 is 14.8 Å². The van der Waals surface area contributed by atoms with Gasteiger partial charge in [-0.05, 0) is 36.5 Å². The van der Waals surface area contributed by atoms with E-state index in [9.17, 15) is 9.59 Å². The lowest BCUT2D eigenvalue weighted by atomic mass is 9.94. The minimum Gasteiger partial charge on any atom is -0.466 e. The number of benzene rings is 1. The molecule has 0 aliphatic heterocycles. The number of rotatable bonds is 7. The Morgan fingerprint density at radius 3 is 2.14 bits per heavy atom. The Morgan fingerprint density at radius 2 is 1.68 bits per heavy atom. The summed E-state index contributed by atoms with van der Waals surface area (Å²) >= 11 is 0.